The zero-order chi connectivity index (χ0) is 23.4. The molecule has 2 aliphatic heterocycles. The second-order valence-electron chi connectivity index (χ2n) is 8.27. The Kier molecular flexibility index (Phi) is 8.15. The first-order valence-corrected chi connectivity index (χ1v) is 12.2. The van der Waals surface area contributed by atoms with Gasteiger partial charge >= 0.3 is 0 Å². The molecule has 0 bridgehead atoms. The number of hydrogen-bond donors (Lipinski definition) is 0. The fourth-order valence-corrected chi connectivity index (χ4v) is 5.64. The lowest BCUT2D eigenvalue weighted by Crippen LogP contribution is -2.40. The number of hydrogen-bond acceptors (Lipinski definition) is 7. The largest absolute Gasteiger partial charge is 0.385 e. The van der Waals surface area contributed by atoms with Gasteiger partial charge in [-0.2, -0.15) is 5.26 Å². The lowest BCUT2D eigenvalue weighted by Gasteiger charge is -2.35. The Hall–Kier alpha value is -2.15. The first-order valence-electron chi connectivity index (χ1n) is 11.0. The maximum Gasteiger partial charge on any atom is 0.270 e. The van der Waals surface area contributed by atoms with Crippen LogP contribution in [0.25, 0.3) is 6.08 Å². The van der Waals surface area contributed by atoms with Crippen LogP contribution >= 0.6 is 24.0 Å². The van der Waals surface area contributed by atoms with Crippen LogP contribution in [0.3, 0.4) is 0 Å². The van der Waals surface area contributed by atoms with Crippen LogP contribution in [-0.2, 0) is 16.1 Å². The molecule has 0 N–H and O–H groups in total. The second kappa shape index (κ2) is 10.6. The number of nitrogens with zero attached hydrogens (tertiary/aromatic N) is 4. The molecular weight excluding hydrogens is 444 g/mol. The molecule has 0 spiro atoms. The van der Waals surface area contributed by atoms with Crippen LogP contribution in [0, 0.1) is 24.2 Å². The van der Waals surface area contributed by atoms with Crippen LogP contribution in [0.2, 0.25) is 0 Å². The summed E-state index contributed by atoms with van der Waals surface area (Å²) in [7, 11) is 1.63. The smallest absolute Gasteiger partial charge is 0.270 e. The van der Waals surface area contributed by atoms with Gasteiger partial charge in [-0.1, -0.05) is 30.9 Å². The zero-order valence-electron chi connectivity index (χ0n) is 19.1. The number of thioether (sulfide) groups is 1. The van der Waals surface area contributed by atoms with E-state index in [0.29, 0.717) is 46.8 Å². The van der Waals surface area contributed by atoms with Gasteiger partial charge in [-0.3, -0.25) is 19.1 Å². The van der Waals surface area contributed by atoms with Gasteiger partial charge in [-0.25, -0.2) is 0 Å². The number of thiocarbonyl (C=S) groups is 1. The number of nitriles is 1. The molecule has 7 nitrogen and oxygen atoms in total. The predicted octanol–water partition coefficient (Wildman–Crippen LogP) is 3.52. The van der Waals surface area contributed by atoms with Crippen molar-refractivity contribution in [2.75, 3.05) is 38.3 Å². The molecule has 3 rings (SSSR count). The summed E-state index contributed by atoms with van der Waals surface area (Å²) in [6.45, 7) is 9.10. The topological polar surface area (TPSA) is 78.6 Å². The summed E-state index contributed by atoms with van der Waals surface area (Å²) in [5.74, 6) is 1.17. The summed E-state index contributed by atoms with van der Waals surface area (Å²) in [5.41, 5.74) is 1.22. The molecule has 1 atom stereocenters. The number of aromatic nitrogens is 1. The van der Waals surface area contributed by atoms with E-state index in [1.807, 2.05) is 13.0 Å². The SMILES string of the molecule is CCn1c(N2CCCC(C)C2)c(C=C2SC(=S)N(CCCOC)C2=O)c(C)c(C#N)c1=O. The van der Waals surface area contributed by atoms with Gasteiger partial charge in [0.05, 0.1) is 4.91 Å². The van der Waals surface area contributed by atoms with Gasteiger partial charge < -0.3 is 9.64 Å². The summed E-state index contributed by atoms with van der Waals surface area (Å²) < 4.78 is 7.29. The summed E-state index contributed by atoms with van der Waals surface area (Å²) in [5, 5.41) is 9.69. The third-order valence-electron chi connectivity index (χ3n) is 6.00. The number of ether oxygens (including phenoxy) is 1. The van der Waals surface area contributed by atoms with Crippen molar-refractivity contribution in [2.45, 2.75) is 46.6 Å². The van der Waals surface area contributed by atoms with Crippen molar-refractivity contribution >= 4 is 46.1 Å². The molecular formula is C23H30N4O3S2. The number of amides is 1. The average Bonchev–Trinajstić information content (AvgIpc) is 3.03. The van der Waals surface area contributed by atoms with Gasteiger partial charge in [-0.05, 0) is 50.7 Å². The Balaban J connectivity index is 2.13. The normalized spacial score (nSPS) is 20.3. The highest BCUT2D eigenvalue weighted by atomic mass is 32.2. The van der Waals surface area contributed by atoms with Crippen molar-refractivity contribution in [1.82, 2.24) is 9.47 Å². The molecule has 1 aromatic rings. The third-order valence-corrected chi connectivity index (χ3v) is 7.38. The van der Waals surface area contributed by atoms with E-state index >= 15 is 0 Å². The van der Waals surface area contributed by atoms with Crippen LogP contribution in [0.5, 0.6) is 0 Å². The van der Waals surface area contributed by atoms with Gasteiger partial charge in [0.1, 0.15) is 21.8 Å². The Labute approximate surface area is 199 Å². The summed E-state index contributed by atoms with van der Waals surface area (Å²) in [6, 6.07) is 2.08. The van der Waals surface area contributed by atoms with Crippen molar-refractivity contribution in [3.8, 4) is 6.07 Å². The third kappa shape index (κ3) is 4.77. The minimum atomic E-state index is -0.273. The Bertz CT molecular complexity index is 1040. The molecule has 1 unspecified atom stereocenters. The molecule has 172 valence electrons. The molecule has 0 aromatic carbocycles. The fourth-order valence-electron chi connectivity index (χ4n) is 4.35. The Morgan fingerprint density at radius 1 is 1.38 bits per heavy atom. The van der Waals surface area contributed by atoms with Crippen molar-refractivity contribution in [3.05, 3.63) is 31.9 Å². The number of methoxy groups -OCH3 is 1. The molecule has 1 amide bonds. The quantitative estimate of drug-likeness (QED) is 0.340. The van der Waals surface area contributed by atoms with E-state index in [1.165, 1.54) is 11.8 Å². The maximum atomic E-state index is 13.1. The number of carbonyl (C=O) groups is 1. The number of anilines is 1. The highest BCUT2D eigenvalue weighted by Crippen LogP contribution is 2.36. The molecule has 1 aromatic heterocycles. The van der Waals surface area contributed by atoms with Crippen molar-refractivity contribution in [3.63, 3.8) is 0 Å². The second-order valence-corrected chi connectivity index (χ2v) is 9.95. The van der Waals surface area contributed by atoms with E-state index < -0.39 is 0 Å². The van der Waals surface area contributed by atoms with Crippen molar-refractivity contribution in [1.29, 1.82) is 5.26 Å². The molecule has 2 fully saturated rings. The van der Waals surface area contributed by atoms with E-state index in [0.717, 1.165) is 37.3 Å². The lowest BCUT2D eigenvalue weighted by molar-refractivity contribution is -0.122. The van der Waals surface area contributed by atoms with Gasteiger partial charge in [0.25, 0.3) is 11.5 Å². The highest BCUT2D eigenvalue weighted by molar-refractivity contribution is 8.26. The first kappa shape index (κ1) is 24.5. The maximum absolute atomic E-state index is 13.1. The van der Waals surface area contributed by atoms with Gasteiger partial charge in [-0.15, -0.1) is 0 Å². The van der Waals surface area contributed by atoms with E-state index in [4.69, 9.17) is 17.0 Å². The minimum Gasteiger partial charge on any atom is -0.385 e. The number of rotatable bonds is 7. The van der Waals surface area contributed by atoms with Crippen LogP contribution < -0.4 is 10.5 Å². The summed E-state index contributed by atoms with van der Waals surface area (Å²) >= 11 is 6.72. The molecule has 0 aliphatic carbocycles. The van der Waals surface area contributed by atoms with Crippen LogP contribution in [0.1, 0.15) is 49.8 Å². The minimum absolute atomic E-state index is 0.127. The highest BCUT2D eigenvalue weighted by Gasteiger charge is 2.33. The van der Waals surface area contributed by atoms with E-state index in [9.17, 15) is 14.9 Å². The molecule has 2 saturated heterocycles. The van der Waals surface area contributed by atoms with Crippen LogP contribution in [-0.4, -0.2) is 53.0 Å². The van der Waals surface area contributed by atoms with Gasteiger partial charge in [0.2, 0.25) is 0 Å². The molecule has 0 radical (unpaired) electrons. The van der Waals surface area contributed by atoms with E-state index in [-0.39, 0.29) is 17.0 Å². The van der Waals surface area contributed by atoms with Crippen molar-refractivity contribution in [2.24, 2.45) is 5.92 Å². The zero-order valence-corrected chi connectivity index (χ0v) is 20.8. The molecule has 2 aliphatic rings. The lowest BCUT2D eigenvalue weighted by atomic mass is 9.98. The first-order chi connectivity index (χ1) is 15.3. The predicted molar refractivity (Wildman–Crippen MR) is 133 cm³/mol. The number of pyridine rings is 1. The van der Waals surface area contributed by atoms with Crippen molar-refractivity contribution < 1.29 is 9.53 Å². The molecule has 0 saturated carbocycles. The molecule has 32 heavy (non-hydrogen) atoms. The summed E-state index contributed by atoms with van der Waals surface area (Å²) in [6.07, 6.45) is 4.72. The van der Waals surface area contributed by atoms with Crippen LogP contribution in [0.15, 0.2) is 9.70 Å². The van der Waals surface area contributed by atoms with E-state index in [2.05, 4.69) is 17.9 Å². The van der Waals surface area contributed by atoms with Crippen LogP contribution in [0.4, 0.5) is 5.82 Å². The van der Waals surface area contributed by atoms with E-state index in [1.54, 1.807) is 23.5 Å². The van der Waals surface area contributed by atoms with Gasteiger partial charge in [0, 0.05) is 45.5 Å². The monoisotopic (exact) mass is 474 g/mol. The Morgan fingerprint density at radius 2 is 2.12 bits per heavy atom. The molecule has 9 heteroatoms. The van der Waals surface area contributed by atoms with Gasteiger partial charge in [0.15, 0.2) is 0 Å². The Morgan fingerprint density at radius 3 is 2.75 bits per heavy atom. The summed E-state index contributed by atoms with van der Waals surface area (Å²) in [4.78, 5) is 30.5. The number of carbonyl (C=O) groups excluding carboxylic acids is 1. The number of piperidine rings is 1. The molecule has 3 heterocycles. The fraction of sp³-hybridized carbons (Fsp3) is 0.565. The average molecular weight is 475 g/mol. The standard InChI is InChI=1S/C23H30N4O3S2/c1-5-26-20(25-9-6-8-15(2)14-25)17(16(3)18(13-24)21(26)28)12-19-22(29)27(23(31)32-19)10-7-11-30-4/h12,15H,5-11,14H2,1-4H3.